The van der Waals surface area contributed by atoms with Gasteiger partial charge in [-0.3, -0.25) is 14.2 Å². The monoisotopic (exact) mass is 540 g/mol. The molecule has 9 nitrogen and oxygen atoms in total. The van der Waals surface area contributed by atoms with Gasteiger partial charge in [0.15, 0.2) is 16.3 Å². The third-order valence-corrected chi connectivity index (χ3v) is 6.63. The summed E-state index contributed by atoms with van der Waals surface area (Å²) in [7, 11) is 1.54. The van der Waals surface area contributed by atoms with Crippen LogP contribution in [0.4, 0.5) is 5.69 Å². The minimum Gasteiger partial charge on any atom is -0.329 e. The number of amides is 1. The maximum atomic E-state index is 13.5. The highest BCUT2D eigenvalue weighted by atomic mass is 35.5. The summed E-state index contributed by atoms with van der Waals surface area (Å²) in [5.74, 6) is -0.505. The molecule has 0 atom stereocenters. The van der Waals surface area contributed by atoms with Gasteiger partial charge < -0.3 is 15.6 Å². The molecule has 3 rings (SSSR count). The van der Waals surface area contributed by atoms with E-state index in [9.17, 15) is 14.4 Å². The predicted octanol–water partition coefficient (Wildman–Crippen LogP) is 3.41. The highest BCUT2D eigenvalue weighted by molar-refractivity contribution is 8.00. The molecule has 0 spiro atoms. The topological polar surface area (TPSA) is 117 Å². The van der Waals surface area contributed by atoms with E-state index in [1.54, 1.807) is 35.9 Å². The van der Waals surface area contributed by atoms with Crippen LogP contribution in [0.2, 0.25) is 5.02 Å². The quantitative estimate of drug-likeness (QED) is 0.334. The zero-order chi connectivity index (χ0) is 25.2. The molecule has 1 amide bonds. The van der Waals surface area contributed by atoms with Gasteiger partial charge in [-0.25, -0.2) is 14.3 Å². The van der Waals surface area contributed by atoms with Crippen LogP contribution >= 0.6 is 35.8 Å². The van der Waals surface area contributed by atoms with Crippen molar-refractivity contribution in [2.45, 2.75) is 50.7 Å². The Morgan fingerprint density at radius 1 is 1.20 bits per heavy atom. The number of aryl methyl sites for hydroxylation is 1. The normalized spacial score (nSPS) is 11.3. The highest BCUT2D eigenvalue weighted by Gasteiger charge is 2.26. The second-order valence-electron chi connectivity index (χ2n) is 8.81. The molecular weight excluding hydrogens is 511 g/mol. The molecule has 12 heteroatoms. The highest BCUT2D eigenvalue weighted by Crippen LogP contribution is 2.32. The van der Waals surface area contributed by atoms with Gasteiger partial charge in [0.2, 0.25) is 5.91 Å². The van der Waals surface area contributed by atoms with Gasteiger partial charge in [-0.15, -0.1) is 12.4 Å². The lowest BCUT2D eigenvalue weighted by atomic mass is 10.2. The van der Waals surface area contributed by atoms with E-state index in [1.165, 1.54) is 16.3 Å². The Balaban J connectivity index is 0.00000432. The molecule has 0 aliphatic rings. The number of thioether (sulfide) groups is 1. The van der Waals surface area contributed by atoms with E-state index in [0.717, 1.165) is 10.1 Å². The molecule has 0 bridgehead atoms. The number of hydrogen-bond acceptors (Lipinski definition) is 6. The second-order valence-corrected chi connectivity index (χ2v) is 10.9. The number of carbonyl (C=O) groups excluding carboxylic acids is 1. The number of allylic oxidation sites excluding steroid dienone is 2. The fourth-order valence-electron chi connectivity index (χ4n) is 3.18. The summed E-state index contributed by atoms with van der Waals surface area (Å²) in [6, 6.07) is 6.56. The lowest BCUT2D eigenvalue weighted by Crippen LogP contribution is -2.42. The van der Waals surface area contributed by atoms with Crippen LogP contribution in [0.3, 0.4) is 0 Å². The molecule has 0 unspecified atom stereocenters. The standard InChI is InChI=1S/C23H29ClN6O3S.ClH/c1-14(2)10-11-29-18-19(27-21(29)34-23(3,4)13-25)28(5)22(33)30(20(18)32)12-17(31)26-16-8-6-15(24)7-9-16;/h6-10H,11-13,25H2,1-5H3,(H,26,31);1H. The number of nitrogens with two attached hydrogens (primary N) is 1. The zero-order valence-corrected chi connectivity index (χ0v) is 22.7. The summed E-state index contributed by atoms with van der Waals surface area (Å²) >= 11 is 7.32. The Labute approximate surface area is 218 Å². The van der Waals surface area contributed by atoms with Crippen molar-refractivity contribution in [2.75, 3.05) is 11.9 Å². The van der Waals surface area contributed by atoms with Crippen LogP contribution in [-0.4, -0.2) is 35.9 Å². The number of halogens is 2. The molecule has 2 heterocycles. The average Bonchev–Trinajstić information content (AvgIpc) is 3.13. The molecule has 0 saturated carbocycles. The maximum absolute atomic E-state index is 13.5. The van der Waals surface area contributed by atoms with Crippen molar-refractivity contribution in [1.29, 1.82) is 0 Å². The van der Waals surface area contributed by atoms with E-state index in [4.69, 9.17) is 17.3 Å². The van der Waals surface area contributed by atoms with Crippen molar-refractivity contribution in [2.24, 2.45) is 12.8 Å². The van der Waals surface area contributed by atoms with E-state index in [2.05, 4.69) is 10.3 Å². The van der Waals surface area contributed by atoms with E-state index >= 15 is 0 Å². The molecular formula is C23H30Cl2N6O3S. The van der Waals surface area contributed by atoms with E-state index in [1.807, 2.05) is 33.8 Å². The van der Waals surface area contributed by atoms with Crippen molar-refractivity contribution in [3.8, 4) is 0 Å². The van der Waals surface area contributed by atoms with Crippen LogP contribution in [0.15, 0.2) is 50.7 Å². The van der Waals surface area contributed by atoms with Crippen molar-refractivity contribution >= 4 is 58.5 Å². The summed E-state index contributed by atoms with van der Waals surface area (Å²) in [5.41, 5.74) is 6.83. The minimum absolute atomic E-state index is 0. The molecule has 3 N–H and O–H groups in total. The van der Waals surface area contributed by atoms with Gasteiger partial charge in [0.25, 0.3) is 5.56 Å². The van der Waals surface area contributed by atoms with Crippen molar-refractivity contribution in [3.63, 3.8) is 0 Å². The Kier molecular flexibility index (Phi) is 9.41. The Morgan fingerprint density at radius 3 is 2.40 bits per heavy atom. The van der Waals surface area contributed by atoms with Gasteiger partial charge in [-0.2, -0.15) is 0 Å². The molecule has 0 fully saturated rings. The number of rotatable bonds is 8. The molecule has 190 valence electrons. The van der Waals surface area contributed by atoms with Crippen molar-refractivity contribution in [1.82, 2.24) is 18.7 Å². The van der Waals surface area contributed by atoms with Crippen LogP contribution in [0.5, 0.6) is 0 Å². The molecule has 35 heavy (non-hydrogen) atoms. The molecule has 3 aromatic rings. The minimum atomic E-state index is -0.620. The van der Waals surface area contributed by atoms with Gasteiger partial charge in [-0.1, -0.05) is 35.0 Å². The van der Waals surface area contributed by atoms with Crippen LogP contribution in [-0.2, 0) is 24.9 Å². The third-order valence-electron chi connectivity index (χ3n) is 5.17. The van der Waals surface area contributed by atoms with E-state index in [0.29, 0.717) is 29.0 Å². The van der Waals surface area contributed by atoms with Gasteiger partial charge in [0.05, 0.1) is 0 Å². The van der Waals surface area contributed by atoms with Crippen LogP contribution in [0, 0.1) is 0 Å². The number of anilines is 1. The number of carbonyl (C=O) groups is 1. The Hall–Kier alpha value is -2.53. The van der Waals surface area contributed by atoms with Gasteiger partial charge in [0, 0.05) is 35.6 Å². The Morgan fingerprint density at radius 2 is 1.83 bits per heavy atom. The number of fused-ring (bicyclic) bond motifs is 1. The first-order valence-corrected chi connectivity index (χ1v) is 11.9. The smallest absolute Gasteiger partial charge is 0.329 e. The zero-order valence-electron chi connectivity index (χ0n) is 20.3. The SMILES string of the molecule is CC(C)=CCn1c(SC(C)(C)CN)nc2c1c(=O)n(CC(=O)Nc1ccc(Cl)cc1)c(=O)n2C.Cl. The average molecular weight is 542 g/mol. The number of hydrogen-bond donors (Lipinski definition) is 2. The fourth-order valence-corrected chi connectivity index (χ4v) is 4.29. The molecule has 0 aliphatic heterocycles. The van der Waals surface area contributed by atoms with Gasteiger partial charge in [-0.05, 0) is 52.0 Å². The lowest BCUT2D eigenvalue weighted by molar-refractivity contribution is -0.116. The first-order valence-electron chi connectivity index (χ1n) is 10.7. The second kappa shape index (κ2) is 11.5. The van der Waals surface area contributed by atoms with Gasteiger partial charge in [0.1, 0.15) is 6.54 Å². The number of aromatic nitrogens is 4. The first-order chi connectivity index (χ1) is 15.9. The summed E-state index contributed by atoms with van der Waals surface area (Å²) in [6.07, 6.45) is 1.97. The summed E-state index contributed by atoms with van der Waals surface area (Å²) in [6.45, 7) is 8.26. The summed E-state index contributed by atoms with van der Waals surface area (Å²) in [5, 5.41) is 3.80. The number of imidazole rings is 1. The number of benzene rings is 1. The van der Waals surface area contributed by atoms with Crippen molar-refractivity contribution in [3.05, 3.63) is 61.8 Å². The molecule has 0 saturated heterocycles. The van der Waals surface area contributed by atoms with Crippen LogP contribution < -0.4 is 22.3 Å². The largest absolute Gasteiger partial charge is 0.332 e. The van der Waals surface area contributed by atoms with E-state index < -0.39 is 23.7 Å². The van der Waals surface area contributed by atoms with E-state index in [-0.39, 0.29) is 28.3 Å². The lowest BCUT2D eigenvalue weighted by Gasteiger charge is -2.21. The predicted molar refractivity (Wildman–Crippen MR) is 145 cm³/mol. The van der Waals surface area contributed by atoms with Crippen LogP contribution in [0.25, 0.3) is 11.2 Å². The van der Waals surface area contributed by atoms with Crippen LogP contribution in [0.1, 0.15) is 27.7 Å². The fraction of sp³-hybridized carbons (Fsp3) is 0.391. The molecule has 0 radical (unpaired) electrons. The number of nitrogens with zero attached hydrogens (tertiary/aromatic N) is 4. The number of nitrogens with one attached hydrogen (secondary N) is 1. The molecule has 2 aromatic heterocycles. The summed E-state index contributed by atoms with van der Waals surface area (Å²) < 4.78 is 3.67. The maximum Gasteiger partial charge on any atom is 0.332 e. The Bertz CT molecular complexity index is 1370. The summed E-state index contributed by atoms with van der Waals surface area (Å²) in [4.78, 5) is 43.8. The molecule has 0 aliphatic carbocycles. The molecule has 1 aromatic carbocycles. The van der Waals surface area contributed by atoms with Crippen molar-refractivity contribution < 1.29 is 4.79 Å². The first kappa shape index (κ1) is 28.7. The van der Waals surface area contributed by atoms with Gasteiger partial charge >= 0.3 is 5.69 Å². The third kappa shape index (κ3) is 6.58.